The molecule has 0 bridgehead atoms. The van der Waals surface area contributed by atoms with E-state index in [1.54, 1.807) is 23.4 Å². The van der Waals surface area contributed by atoms with Crippen molar-refractivity contribution in [1.82, 2.24) is 9.97 Å². The number of halogens is 2. The highest BCUT2D eigenvalue weighted by atomic mass is 35.5. The number of aromatic nitrogens is 2. The second kappa shape index (κ2) is 7.16. The van der Waals surface area contributed by atoms with Crippen molar-refractivity contribution in [3.05, 3.63) is 63.8 Å². The predicted molar refractivity (Wildman–Crippen MR) is 101 cm³/mol. The fourth-order valence-electron chi connectivity index (χ4n) is 2.33. The highest BCUT2D eigenvalue weighted by Crippen LogP contribution is 2.22. The number of hydrazone groups is 1. The highest BCUT2D eigenvalue weighted by Gasteiger charge is 2.11. The minimum Gasteiger partial charge on any atom is -0.249 e. The van der Waals surface area contributed by atoms with Gasteiger partial charge in [0.25, 0.3) is 0 Å². The molecule has 0 aliphatic carbocycles. The molecule has 2 aromatic carbocycles. The Kier molecular flexibility index (Phi) is 4.97. The lowest BCUT2D eigenvalue weighted by Crippen LogP contribution is -2.14. The van der Waals surface area contributed by atoms with Gasteiger partial charge in [0.15, 0.2) is 5.82 Å². The molecule has 122 valence electrons. The van der Waals surface area contributed by atoms with Crippen molar-refractivity contribution in [2.24, 2.45) is 5.10 Å². The Morgan fingerprint density at radius 1 is 1.08 bits per heavy atom. The third kappa shape index (κ3) is 3.50. The highest BCUT2D eigenvalue weighted by molar-refractivity contribution is 6.36. The smallest absolute Gasteiger partial charge is 0.171 e. The summed E-state index contributed by atoms with van der Waals surface area (Å²) in [5, 5.41) is 7.31. The Balaban J connectivity index is 1.95. The van der Waals surface area contributed by atoms with Crippen molar-refractivity contribution in [2.45, 2.75) is 13.3 Å². The van der Waals surface area contributed by atoms with Crippen LogP contribution in [0, 0.1) is 0 Å². The van der Waals surface area contributed by atoms with Crippen LogP contribution in [0.4, 0.5) is 5.82 Å². The normalized spacial score (nSPS) is 11.3. The minimum atomic E-state index is 0.556. The van der Waals surface area contributed by atoms with E-state index in [0.717, 1.165) is 34.5 Å². The van der Waals surface area contributed by atoms with Crippen LogP contribution in [0.1, 0.15) is 18.2 Å². The number of hydrogen-bond acceptors (Lipinski definition) is 4. The first-order valence-corrected chi connectivity index (χ1v) is 8.32. The minimum absolute atomic E-state index is 0.556. The summed E-state index contributed by atoms with van der Waals surface area (Å²) >= 11 is 12.1. The molecular formula is C18H16Cl2N4. The molecule has 1 heterocycles. The Hall–Kier alpha value is -2.17. The van der Waals surface area contributed by atoms with Gasteiger partial charge in [-0.15, -0.1) is 0 Å². The largest absolute Gasteiger partial charge is 0.249 e. The molecule has 6 heteroatoms. The van der Waals surface area contributed by atoms with Crippen molar-refractivity contribution in [3.8, 4) is 0 Å². The maximum absolute atomic E-state index is 6.17. The molecule has 0 saturated heterocycles. The lowest BCUT2D eigenvalue weighted by atomic mass is 10.2. The van der Waals surface area contributed by atoms with Gasteiger partial charge in [-0.2, -0.15) is 5.10 Å². The molecule has 3 aromatic rings. The number of anilines is 1. The van der Waals surface area contributed by atoms with E-state index in [1.165, 1.54) is 0 Å². The fourth-order valence-corrected chi connectivity index (χ4v) is 2.79. The first-order chi connectivity index (χ1) is 11.6. The van der Waals surface area contributed by atoms with Gasteiger partial charge in [0.05, 0.1) is 28.0 Å². The first-order valence-electron chi connectivity index (χ1n) is 7.57. The van der Waals surface area contributed by atoms with E-state index >= 15 is 0 Å². The standard InChI is InChI=1S/C18H16Cl2N4/c1-3-15-18(23-17-7-5-4-6-16(17)22-15)24(2)21-11-12-8-9-13(19)10-14(12)20/h4-11H,3H2,1-2H3/b21-11-. The number of para-hydroxylation sites is 2. The van der Waals surface area contributed by atoms with Gasteiger partial charge in [0.1, 0.15) is 0 Å². The molecule has 0 aliphatic heterocycles. The second-order valence-corrected chi connectivity index (χ2v) is 6.11. The van der Waals surface area contributed by atoms with E-state index in [4.69, 9.17) is 28.2 Å². The van der Waals surface area contributed by atoms with Gasteiger partial charge in [-0.1, -0.05) is 48.3 Å². The van der Waals surface area contributed by atoms with Crippen LogP contribution in [-0.2, 0) is 6.42 Å². The fraction of sp³-hybridized carbons (Fsp3) is 0.167. The van der Waals surface area contributed by atoms with Crippen LogP contribution in [0.15, 0.2) is 47.6 Å². The Morgan fingerprint density at radius 2 is 1.79 bits per heavy atom. The van der Waals surface area contributed by atoms with Crippen LogP contribution in [0.2, 0.25) is 10.0 Å². The number of benzene rings is 2. The van der Waals surface area contributed by atoms with Crippen LogP contribution < -0.4 is 5.01 Å². The molecule has 0 amide bonds. The average molecular weight is 359 g/mol. The van der Waals surface area contributed by atoms with E-state index in [9.17, 15) is 0 Å². The third-order valence-electron chi connectivity index (χ3n) is 3.60. The quantitative estimate of drug-likeness (QED) is 0.488. The van der Waals surface area contributed by atoms with Gasteiger partial charge in [-0.25, -0.2) is 15.0 Å². The molecule has 0 aliphatic rings. The summed E-state index contributed by atoms with van der Waals surface area (Å²) < 4.78 is 0. The van der Waals surface area contributed by atoms with Crippen molar-refractivity contribution >= 4 is 46.3 Å². The number of aryl methyl sites for hydroxylation is 1. The zero-order valence-corrected chi connectivity index (χ0v) is 14.9. The zero-order chi connectivity index (χ0) is 17.1. The molecule has 0 unspecified atom stereocenters. The molecule has 0 atom stereocenters. The molecule has 0 fully saturated rings. The Morgan fingerprint density at radius 3 is 2.46 bits per heavy atom. The summed E-state index contributed by atoms with van der Waals surface area (Å²) in [6.45, 7) is 2.05. The van der Waals surface area contributed by atoms with Crippen LogP contribution in [0.3, 0.4) is 0 Å². The zero-order valence-electron chi connectivity index (χ0n) is 13.4. The van der Waals surface area contributed by atoms with Gasteiger partial charge >= 0.3 is 0 Å². The van der Waals surface area contributed by atoms with E-state index < -0.39 is 0 Å². The molecule has 0 N–H and O–H groups in total. The molecule has 0 spiro atoms. The molecule has 0 radical (unpaired) electrons. The SMILES string of the molecule is CCc1nc2ccccc2nc1N(C)/N=C\c1ccc(Cl)cc1Cl. The Labute approximate surface area is 150 Å². The van der Waals surface area contributed by atoms with Crippen LogP contribution in [-0.4, -0.2) is 23.2 Å². The molecule has 3 rings (SSSR count). The van der Waals surface area contributed by atoms with Crippen LogP contribution in [0.5, 0.6) is 0 Å². The topological polar surface area (TPSA) is 41.4 Å². The van der Waals surface area contributed by atoms with Crippen molar-refractivity contribution < 1.29 is 0 Å². The van der Waals surface area contributed by atoms with E-state index in [-0.39, 0.29) is 0 Å². The summed E-state index contributed by atoms with van der Waals surface area (Å²) in [6, 6.07) is 13.1. The maximum atomic E-state index is 6.17. The Bertz CT molecular complexity index is 909. The lowest BCUT2D eigenvalue weighted by Gasteiger charge is -2.15. The molecule has 4 nitrogen and oxygen atoms in total. The van der Waals surface area contributed by atoms with Gasteiger partial charge in [0, 0.05) is 17.6 Å². The van der Waals surface area contributed by atoms with E-state index in [1.807, 2.05) is 37.4 Å². The molecular weight excluding hydrogens is 343 g/mol. The summed E-state index contributed by atoms with van der Waals surface area (Å²) in [6.07, 6.45) is 2.46. The number of hydrogen-bond donors (Lipinski definition) is 0. The number of fused-ring (bicyclic) bond motifs is 1. The van der Waals surface area contributed by atoms with E-state index in [0.29, 0.717) is 10.0 Å². The molecule has 0 saturated carbocycles. The third-order valence-corrected chi connectivity index (χ3v) is 4.16. The monoisotopic (exact) mass is 358 g/mol. The van der Waals surface area contributed by atoms with Crippen molar-refractivity contribution in [3.63, 3.8) is 0 Å². The van der Waals surface area contributed by atoms with Crippen molar-refractivity contribution in [1.29, 1.82) is 0 Å². The van der Waals surface area contributed by atoms with Gasteiger partial charge in [-0.05, 0) is 30.7 Å². The molecule has 1 aromatic heterocycles. The van der Waals surface area contributed by atoms with E-state index in [2.05, 4.69) is 17.0 Å². The van der Waals surface area contributed by atoms with Crippen LogP contribution >= 0.6 is 23.2 Å². The predicted octanol–water partition coefficient (Wildman–Crippen LogP) is 4.97. The van der Waals surface area contributed by atoms with Crippen LogP contribution in [0.25, 0.3) is 11.0 Å². The van der Waals surface area contributed by atoms with Gasteiger partial charge < -0.3 is 0 Å². The summed E-state index contributed by atoms with van der Waals surface area (Å²) in [7, 11) is 1.85. The summed E-state index contributed by atoms with van der Waals surface area (Å²) in [5.74, 6) is 0.734. The summed E-state index contributed by atoms with van der Waals surface area (Å²) in [5.41, 5.74) is 3.42. The van der Waals surface area contributed by atoms with Gasteiger partial charge in [0.2, 0.25) is 0 Å². The second-order valence-electron chi connectivity index (χ2n) is 5.27. The lowest BCUT2D eigenvalue weighted by molar-refractivity contribution is 0.929. The molecule has 24 heavy (non-hydrogen) atoms. The first kappa shape index (κ1) is 16.7. The number of nitrogens with zero attached hydrogens (tertiary/aromatic N) is 4. The number of rotatable bonds is 4. The van der Waals surface area contributed by atoms with Crippen molar-refractivity contribution in [2.75, 3.05) is 12.1 Å². The van der Waals surface area contributed by atoms with Gasteiger partial charge in [-0.3, -0.25) is 0 Å². The average Bonchev–Trinajstić information content (AvgIpc) is 2.59. The maximum Gasteiger partial charge on any atom is 0.171 e. The summed E-state index contributed by atoms with van der Waals surface area (Å²) in [4.78, 5) is 9.37.